The number of esters is 1. The van der Waals surface area contributed by atoms with Crippen LogP contribution < -0.4 is 0 Å². The molecule has 0 saturated carbocycles. The normalized spacial score (nSPS) is 15.8. The van der Waals surface area contributed by atoms with Gasteiger partial charge in [0.1, 0.15) is 0 Å². The molecule has 0 fully saturated rings. The molecule has 0 aliphatic carbocycles. The molecule has 33 heavy (non-hydrogen) atoms. The van der Waals surface area contributed by atoms with Gasteiger partial charge in [0, 0.05) is 0 Å². The first-order valence-corrected chi connectivity index (χ1v) is 7.96. The molecule has 0 bridgehead atoms. The van der Waals surface area contributed by atoms with Gasteiger partial charge in [-0.3, -0.25) is 4.79 Å². The Morgan fingerprint density at radius 2 is 0.879 bits per heavy atom. The molecular formula is C14H11F17O2. The number of carbonyl (C=O) groups is 1. The summed E-state index contributed by atoms with van der Waals surface area (Å²) < 4.78 is 225. The van der Waals surface area contributed by atoms with Gasteiger partial charge in [0.2, 0.25) is 0 Å². The Kier molecular flexibility index (Phi) is 8.05. The van der Waals surface area contributed by atoms with Gasteiger partial charge in [0.05, 0.1) is 18.9 Å². The molecule has 0 atom stereocenters. The number of hydrogen-bond acceptors (Lipinski definition) is 2. The van der Waals surface area contributed by atoms with Crippen molar-refractivity contribution in [3.63, 3.8) is 0 Å². The molecule has 0 amide bonds. The van der Waals surface area contributed by atoms with Crippen LogP contribution in [0.25, 0.3) is 0 Å². The number of carbonyl (C=O) groups excluding carboxylic acids is 1. The van der Waals surface area contributed by atoms with Crippen LogP contribution in [0.4, 0.5) is 74.6 Å². The Bertz CT molecular complexity index is 707. The first-order valence-electron chi connectivity index (χ1n) is 7.96. The van der Waals surface area contributed by atoms with Gasteiger partial charge in [-0.15, -0.1) is 0 Å². The second kappa shape index (κ2) is 8.49. The smallest absolute Gasteiger partial charge is 0.460 e. The Hall–Kier alpha value is -1.72. The largest absolute Gasteiger partial charge is 0.465 e. The summed E-state index contributed by atoms with van der Waals surface area (Å²) in [7, 11) is 0. The molecule has 0 aromatic carbocycles. The molecule has 0 N–H and O–H groups in total. The van der Waals surface area contributed by atoms with Crippen LogP contribution in [0.5, 0.6) is 0 Å². The van der Waals surface area contributed by atoms with Crippen molar-refractivity contribution < 1.29 is 84.2 Å². The van der Waals surface area contributed by atoms with E-state index in [0.29, 0.717) is 0 Å². The maximum atomic E-state index is 13.5. The van der Waals surface area contributed by atoms with Gasteiger partial charge < -0.3 is 4.74 Å². The predicted molar refractivity (Wildman–Crippen MR) is 71.1 cm³/mol. The van der Waals surface area contributed by atoms with Crippen molar-refractivity contribution in [2.75, 3.05) is 6.61 Å². The Labute approximate surface area is 172 Å². The fourth-order valence-electron chi connectivity index (χ4n) is 1.80. The van der Waals surface area contributed by atoms with Crippen LogP contribution in [-0.4, -0.2) is 60.2 Å². The number of alkyl halides is 17. The first kappa shape index (κ1) is 31.3. The maximum absolute atomic E-state index is 13.5. The van der Waals surface area contributed by atoms with Gasteiger partial charge in [-0.05, 0) is 0 Å². The van der Waals surface area contributed by atoms with Crippen molar-refractivity contribution in [1.82, 2.24) is 0 Å². The van der Waals surface area contributed by atoms with Gasteiger partial charge in [0.25, 0.3) is 0 Å². The van der Waals surface area contributed by atoms with Gasteiger partial charge in [-0.2, -0.15) is 74.6 Å². The molecule has 0 rings (SSSR count). The zero-order chi connectivity index (χ0) is 27.3. The average Bonchev–Trinajstić information content (AvgIpc) is 2.59. The molecule has 0 aliphatic rings. The van der Waals surface area contributed by atoms with E-state index in [-0.39, 0.29) is 0 Å². The zero-order valence-electron chi connectivity index (χ0n) is 15.7. The lowest BCUT2D eigenvalue weighted by Gasteiger charge is -2.42. The lowest BCUT2D eigenvalue weighted by atomic mass is 9.88. The summed E-state index contributed by atoms with van der Waals surface area (Å²) in [4.78, 5) is 11.0. The SMILES string of the molecule is CC(C)C(=O)OCCC(F)(F)C(F)(F)C(F)(F)C(F)(F)C(F)(F)C(F)(F)C(F)(F)C(F)(F)F. The van der Waals surface area contributed by atoms with Crippen molar-refractivity contribution in [3.05, 3.63) is 0 Å². The molecule has 0 aliphatic heterocycles. The van der Waals surface area contributed by atoms with Crippen molar-refractivity contribution in [2.24, 2.45) is 5.92 Å². The minimum Gasteiger partial charge on any atom is -0.465 e. The van der Waals surface area contributed by atoms with Crippen LogP contribution in [0.3, 0.4) is 0 Å². The van der Waals surface area contributed by atoms with Crippen LogP contribution in [0.1, 0.15) is 20.3 Å². The van der Waals surface area contributed by atoms with E-state index in [0.717, 1.165) is 13.8 Å². The fraction of sp³-hybridized carbons (Fsp3) is 0.929. The molecule has 0 aromatic heterocycles. The monoisotopic (exact) mass is 534 g/mol. The van der Waals surface area contributed by atoms with E-state index < -0.39 is 72.5 Å². The molecule has 0 spiro atoms. The number of hydrogen-bond donors (Lipinski definition) is 0. The third-order valence-electron chi connectivity index (χ3n) is 3.92. The van der Waals surface area contributed by atoms with Gasteiger partial charge in [-0.1, -0.05) is 13.8 Å². The quantitative estimate of drug-likeness (QED) is 0.234. The van der Waals surface area contributed by atoms with E-state index in [1.54, 1.807) is 0 Å². The third-order valence-corrected chi connectivity index (χ3v) is 3.92. The summed E-state index contributed by atoms with van der Waals surface area (Å²) in [5.74, 6) is -59.2. The predicted octanol–water partition coefficient (Wildman–Crippen LogP) is 6.59. The minimum absolute atomic E-state index is 1.04. The third kappa shape index (κ3) is 4.64. The topological polar surface area (TPSA) is 26.3 Å². The summed E-state index contributed by atoms with van der Waals surface area (Å²) in [5.41, 5.74) is 0. The van der Waals surface area contributed by atoms with Crippen molar-refractivity contribution in [2.45, 2.75) is 67.9 Å². The molecule has 2 nitrogen and oxygen atoms in total. The molecule has 0 aromatic rings. The molecule has 198 valence electrons. The van der Waals surface area contributed by atoms with E-state index in [1.165, 1.54) is 0 Å². The molecular weight excluding hydrogens is 523 g/mol. The average molecular weight is 534 g/mol. The Morgan fingerprint density at radius 1 is 0.576 bits per heavy atom. The standard InChI is InChI=1S/C14H11F17O2/c1-5(2)6(32)33-4-3-7(15,16)8(17,18)9(19,20)10(21,22)11(23,24)12(25,26)13(27,28)14(29,30)31/h5H,3-4H2,1-2H3. The van der Waals surface area contributed by atoms with Crippen LogP contribution >= 0.6 is 0 Å². The number of ether oxygens (including phenoxy) is 1. The highest BCUT2D eigenvalue weighted by Gasteiger charge is 2.95. The second-order valence-electron chi connectivity index (χ2n) is 6.72. The molecule has 0 heterocycles. The second-order valence-corrected chi connectivity index (χ2v) is 6.72. The van der Waals surface area contributed by atoms with Crippen LogP contribution in [0, 0.1) is 5.92 Å². The van der Waals surface area contributed by atoms with Gasteiger partial charge in [0.15, 0.2) is 0 Å². The van der Waals surface area contributed by atoms with E-state index in [9.17, 15) is 79.4 Å². The molecule has 0 radical (unpaired) electrons. The van der Waals surface area contributed by atoms with Crippen LogP contribution in [0.15, 0.2) is 0 Å². The summed E-state index contributed by atoms with van der Waals surface area (Å²) in [6.45, 7) is 0.158. The minimum atomic E-state index is -8.66. The summed E-state index contributed by atoms with van der Waals surface area (Å²) in [5, 5.41) is 0. The summed E-state index contributed by atoms with van der Waals surface area (Å²) in [6.07, 6.45) is -10.6. The van der Waals surface area contributed by atoms with Gasteiger partial charge in [-0.25, -0.2) is 0 Å². The van der Waals surface area contributed by atoms with E-state index in [2.05, 4.69) is 4.74 Å². The molecule has 19 heteroatoms. The van der Waals surface area contributed by atoms with E-state index in [1.807, 2.05) is 0 Å². The van der Waals surface area contributed by atoms with E-state index in [4.69, 9.17) is 0 Å². The number of rotatable bonds is 10. The van der Waals surface area contributed by atoms with Crippen LogP contribution in [0.2, 0.25) is 0 Å². The molecule has 0 unspecified atom stereocenters. The first-order chi connectivity index (χ1) is 14.1. The molecule has 0 saturated heterocycles. The highest BCUT2D eigenvalue weighted by Crippen LogP contribution is 2.64. The highest BCUT2D eigenvalue weighted by molar-refractivity contribution is 5.71. The lowest BCUT2D eigenvalue weighted by molar-refractivity contribution is -0.461. The van der Waals surface area contributed by atoms with Gasteiger partial charge >= 0.3 is 53.6 Å². The Balaban J connectivity index is 6.34. The van der Waals surface area contributed by atoms with Crippen molar-refractivity contribution in [3.8, 4) is 0 Å². The zero-order valence-corrected chi connectivity index (χ0v) is 15.7. The Morgan fingerprint density at radius 3 is 1.18 bits per heavy atom. The maximum Gasteiger partial charge on any atom is 0.460 e. The lowest BCUT2D eigenvalue weighted by Crippen LogP contribution is -2.74. The van der Waals surface area contributed by atoms with Crippen molar-refractivity contribution in [1.29, 1.82) is 0 Å². The van der Waals surface area contributed by atoms with E-state index >= 15 is 0 Å². The summed E-state index contributed by atoms with van der Waals surface area (Å²) in [6, 6.07) is 0. The highest BCUT2D eigenvalue weighted by atomic mass is 19.4. The van der Waals surface area contributed by atoms with Crippen LogP contribution in [-0.2, 0) is 9.53 Å². The number of halogens is 17. The summed E-state index contributed by atoms with van der Waals surface area (Å²) >= 11 is 0. The van der Waals surface area contributed by atoms with Crippen molar-refractivity contribution >= 4 is 5.97 Å². The fourth-order valence-corrected chi connectivity index (χ4v) is 1.80.